The quantitative estimate of drug-likeness (QED) is 0.166. The summed E-state index contributed by atoms with van der Waals surface area (Å²) in [5, 5.41) is 4.55. The molecular weight excluding hydrogens is 787 g/mol. The molecule has 11 aromatic rings. The third kappa shape index (κ3) is 5.74. The van der Waals surface area contributed by atoms with Crippen molar-refractivity contribution in [3.8, 4) is 56.0 Å². The molecule has 1 heterocycles. The Morgan fingerprint density at radius 3 is 1.32 bits per heavy atom. The van der Waals surface area contributed by atoms with Crippen molar-refractivity contribution in [2.45, 2.75) is 5.41 Å². The molecule has 13 rings (SSSR count). The van der Waals surface area contributed by atoms with Crippen molar-refractivity contribution in [2.75, 3.05) is 4.90 Å². The summed E-state index contributed by atoms with van der Waals surface area (Å²) in [6.07, 6.45) is 0. The van der Waals surface area contributed by atoms with E-state index in [0.717, 1.165) is 72.4 Å². The van der Waals surface area contributed by atoms with E-state index >= 15 is 0 Å². The van der Waals surface area contributed by atoms with Crippen LogP contribution in [0.3, 0.4) is 0 Å². The van der Waals surface area contributed by atoms with Gasteiger partial charge in [-0.05, 0) is 97.2 Å². The van der Waals surface area contributed by atoms with Crippen LogP contribution in [0.25, 0.3) is 66.1 Å². The molecule has 0 amide bonds. The largest absolute Gasteiger partial charge is 0.455 e. The zero-order valence-corrected chi connectivity index (χ0v) is 35.5. The smallest absolute Gasteiger partial charge is 0.140 e. The minimum atomic E-state index is -0.645. The van der Waals surface area contributed by atoms with E-state index in [4.69, 9.17) is 4.74 Å². The molecule has 0 aromatic heterocycles. The molecule has 0 radical (unpaired) electrons. The van der Waals surface area contributed by atoms with E-state index in [9.17, 15) is 0 Å². The molecular formula is C63H41NO. The van der Waals surface area contributed by atoms with Crippen molar-refractivity contribution in [1.29, 1.82) is 0 Å². The topological polar surface area (TPSA) is 12.5 Å². The van der Waals surface area contributed by atoms with Crippen molar-refractivity contribution in [1.82, 2.24) is 0 Å². The Labute approximate surface area is 378 Å². The first kappa shape index (κ1) is 37.1. The van der Waals surface area contributed by atoms with Gasteiger partial charge in [0.1, 0.15) is 11.5 Å². The number of benzene rings is 11. The molecule has 1 aliphatic heterocycles. The third-order valence-corrected chi connectivity index (χ3v) is 13.7. The molecule has 0 fully saturated rings. The van der Waals surface area contributed by atoms with Gasteiger partial charge in [-0.3, -0.25) is 0 Å². The van der Waals surface area contributed by atoms with Gasteiger partial charge < -0.3 is 9.64 Å². The summed E-state index contributed by atoms with van der Waals surface area (Å²) in [4.78, 5) is 2.41. The predicted octanol–water partition coefficient (Wildman–Crippen LogP) is 16.9. The molecule has 65 heavy (non-hydrogen) atoms. The first-order valence-electron chi connectivity index (χ1n) is 22.4. The van der Waals surface area contributed by atoms with Gasteiger partial charge in [-0.2, -0.15) is 0 Å². The molecule has 1 spiro atoms. The third-order valence-electron chi connectivity index (χ3n) is 13.7. The van der Waals surface area contributed by atoms with Gasteiger partial charge in [-0.25, -0.2) is 0 Å². The number of anilines is 3. The van der Waals surface area contributed by atoms with Crippen LogP contribution >= 0.6 is 0 Å². The normalized spacial score (nSPS) is 12.9. The zero-order chi connectivity index (χ0) is 42.9. The Morgan fingerprint density at radius 2 is 0.738 bits per heavy atom. The van der Waals surface area contributed by atoms with Crippen LogP contribution in [0.4, 0.5) is 17.1 Å². The van der Waals surface area contributed by atoms with Gasteiger partial charge in [0.15, 0.2) is 0 Å². The Morgan fingerprint density at radius 1 is 0.292 bits per heavy atom. The van der Waals surface area contributed by atoms with Gasteiger partial charge in [-0.1, -0.05) is 212 Å². The summed E-state index contributed by atoms with van der Waals surface area (Å²) in [6, 6.07) is 90.7. The Bertz CT molecular complexity index is 3440. The van der Waals surface area contributed by atoms with E-state index in [1.54, 1.807) is 0 Å². The molecule has 11 aromatic carbocycles. The lowest BCUT2D eigenvalue weighted by Crippen LogP contribution is -2.32. The number of hydrogen-bond acceptors (Lipinski definition) is 2. The highest BCUT2D eigenvalue weighted by molar-refractivity contribution is 6.01. The highest BCUT2D eigenvalue weighted by Gasteiger charge is 2.52. The number of fused-ring (bicyclic) bond motifs is 13. The lowest BCUT2D eigenvalue weighted by Gasteiger charge is -2.40. The maximum absolute atomic E-state index is 7.25. The number of para-hydroxylation sites is 1. The van der Waals surface area contributed by atoms with Crippen LogP contribution in [-0.2, 0) is 5.41 Å². The van der Waals surface area contributed by atoms with Gasteiger partial charge in [0.05, 0.1) is 11.1 Å². The van der Waals surface area contributed by atoms with Gasteiger partial charge >= 0.3 is 0 Å². The summed E-state index contributed by atoms with van der Waals surface area (Å²) >= 11 is 0. The fourth-order valence-corrected chi connectivity index (χ4v) is 10.8. The summed E-state index contributed by atoms with van der Waals surface area (Å²) < 4.78 is 7.25. The van der Waals surface area contributed by atoms with Crippen molar-refractivity contribution < 1.29 is 4.74 Å². The van der Waals surface area contributed by atoms with Crippen LogP contribution in [0, 0.1) is 0 Å². The lowest BCUT2D eigenvalue weighted by molar-refractivity contribution is 0.447. The minimum absolute atomic E-state index is 0.645. The highest BCUT2D eigenvalue weighted by atomic mass is 16.5. The first-order chi connectivity index (χ1) is 32.2. The van der Waals surface area contributed by atoms with Gasteiger partial charge in [0.2, 0.25) is 0 Å². The van der Waals surface area contributed by atoms with Crippen molar-refractivity contribution in [3.05, 3.63) is 271 Å². The van der Waals surface area contributed by atoms with Gasteiger partial charge in [0, 0.05) is 38.8 Å². The molecule has 304 valence electrons. The lowest BCUT2D eigenvalue weighted by atomic mass is 9.65. The van der Waals surface area contributed by atoms with Crippen molar-refractivity contribution in [3.63, 3.8) is 0 Å². The van der Waals surface area contributed by atoms with E-state index in [1.165, 1.54) is 44.5 Å². The van der Waals surface area contributed by atoms with E-state index < -0.39 is 5.41 Å². The molecule has 0 bridgehead atoms. The second-order valence-corrected chi connectivity index (χ2v) is 17.2. The summed E-state index contributed by atoms with van der Waals surface area (Å²) in [6.45, 7) is 0. The van der Waals surface area contributed by atoms with Crippen LogP contribution in [-0.4, -0.2) is 0 Å². The molecule has 0 saturated heterocycles. The van der Waals surface area contributed by atoms with Crippen molar-refractivity contribution >= 4 is 38.6 Å². The molecule has 0 N–H and O–H groups in total. The fourth-order valence-electron chi connectivity index (χ4n) is 10.8. The second kappa shape index (κ2) is 14.8. The minimum Gasteiger partial charge on any atom is -0.455 e. The molecule has 1 aliphatic carbocycles. The predicted molar refractivity (Wildman–Crippen MR) is 270 cm³/mol. The number of nitrogens with zero attached hydrogens (tertiary/aromatic N) is 1. The van der Waals surface area contributed by atoms with E-state index in [-0.39, 0.29) is 0 Å². The molecule has 2 nitrogen and oxygen atoms in total. The number of ether oxygens (including phenoxy) is 1. The van der Waals surface area contributed by atoms with Crippen LogP contribution in [0.15, 0.2) is 249 Å². The monoisotopic (exact) mass is 827 g/mol. The summed E-state index contributed by atoms with van der Waals surface area (Å²) in [7, 11) is 0. The SMILES string of the molecule is c1ccc(-c2ccc(N(c3ccc(-c4ccccc4)cc3)c3ccccc3-c3ccc4c(c3)C3(c5ccccc5-4)c4ccc5ccccc5c4Oc4c3ccc3ccccc43)cc2)cc1. The zero-order valence-electron chi connectivity index (χ0n) is 35.5. The van der Waals surface area contributed by atoms with Crippen LogP contribution < -0.4 is 9.64 Å². The van der Waals surface area contributed by atoms with Crippen LogP contribution in [0.2, 0.25) is 0 Å². The first-order valence-corrected chi connectivity index (χ1v) is 22.4. The molecule has 2 heteroatoms. The van der Waals surface area contributed by atoms with Crippen LogP contribution in [0.5, 0.6) is 11.5 Å². The Hall–Kier alpha value is -8.46. The second-order valence-electron chi connectivity index (χ2n) is 17.2. The molecule has 0 saturated carbocycles. The molecule has 0 atom stereocenters. The Balaban J connectivity index is 1.04. The average Bonchev–Trinajstić information content (AvgIpc) is 3.67. The van der Waals surface area contributed by atoms with Gasteiger partial charge in [-0.15, -0.1) is 0 Å². The van der Waals surface area contributed by atoms with E-state index in [1.807, 2.05) is 0 Å². The fraction of sp³-hybridized carbons (Fsp3) is 0.0159. The highest BCUT2D eigenvalue weighted by Crippen LogP contribution is 2.64. The van der Waals surface area contributed by atoms with Crippen molar-refractivity contribution in [2.24, 2.45) is 0 Å². The maximum Gasteiger partial charge on any atom is 0.140 e. The van der Waals surface area contributed by atoms with E-state index in [0.29, 0.717) is 0 Å². The Kier molecular flexibility index (Phi) is 8.47. The number of rotatable bonds is 6. The number of hydrogen-bond donors (Lipinski definition) is 0. The standard InChI is InChI=1S/C63H41NO/c1-3-15-42(16-4-1)44-27-34-49(35-28-44)64(50-36-29-45(30-37-50)43-17-5-2-6-18-43)60-26-14-12-21-51(60)48-31-38-55-54-24-11-13-25-56(54)63(59(55)41-48)57-39-32-46-19-7-9-22-52(46)61(57)65-62-53-23-10-8-20-47(53)33-40-58(62)63/h1-41H. The average molecular weight is 828 g/mol. The summed E-state index contributed by atoms with van der Waals surface area (Å²) in [5.74, 6) is 1.84. The summed E-state index contributed by atoms with van der Waals surface area (Å²) in [5.41, 5.74) is 17.0. The maximum atomic E-state index is 7.25. The van der Waals surface area contributed by atoms with E-state index in [2.05, 4.69) is 254 Å². The molecule has 0 unspecified atom stereocenters. The van der Waals surface area contributed by atoms with Crippen LogP contribution in [0.1, 0.15) is 22.3 Å². The molecule has 2 aliphatic rings. The van der Waals surface area contributed by atoms with Gasteiger partial charge in [0.25, 0.3) is 0 Å².